The van der Waals surface area contributed by atoms with Crippen molar-refractivity contribution in [3.05, 3.63) is 24.3 Å². The van der Waals surface area contributed by atoms with Crippen molar-refractivity contribution in [2.24, 2.45) is 5.73 Å². The number of ether oxygens (including phenoxy) is 1. The van der Waals surface area contributed by atoms with Crippen LogP contribution in [-0.2, 0) is 0 Å². The van der Waals surface area contributed by atoms with Crippen LogP contribution in [0.5, 0.6) is 11.5 Å². The maximum Gasteiger partial charge on any atom is 0.137 e. The largest absolute Gasteiger partial charge is 0.508 e. The van der Waals surface area contributed by atoms with Crippen molar-refractivity contribution in [1.82, 2.24) is 0 Å². The van der Waals surface area contributed by atoms with Gasteiger partial charge in [0.25, 0.3) is 0 Å². The van der Waals surface area contributed by atoms with Crippen molar-refractivity contribution in [3.8, 4) is 11.5 Å². The lowest BCUT2D eigenvalue weighted by molar-refractivity contribution is 0.329. The van der Waals surface area contributed by atoms with E-state index in [0.717, 1.165) is 0 Å². The number of rotatable bonds is 2. The molecule has 0 aliphatic rings. The highest BCUT2D eigenvalue weighted by molar-refractivity contribution is 5.29. The number of nitrogens with two attached hydrogens (primary N) is 1. The van der Waals surface area contributed by atoms with Crippen LogP contribution in [0, 0.1) is 0 Å². The summed E-state index contributed by atoms with van der Waals surface area (Å²) in [6.07, 6.45) is 0. The lowest BCUT2D eigenvalue weighted by Gasteiger charge is -2.00. The highest BCUT2D eigenvalue weighted by Gasteiger charge is 1.89. The SMILES string of the molecule is NCOc1ccc(O)cc1. The van der Waals surface area contributed by atoms with E-state index in [9.17, 15) is 0 Å². The van der Waals surface area contributed by atoms with Gasteiger partial charge in [-0.05, 0) is 24.3 Å². The Morgan fingerprint density at radius 3 is 2.40 bits per heavy atom. The fourth-order valence-corrected chi connectivity index (χ4v) is 0.639. The van der Waals surface area contributed by atoms with Gasteiger partial charge >= 0.3 is 0 Å². The lowest BCUT2D eigenvalue weighted by atomic mass is 10.3. The number of benzene rings is 1. The lowest BCUT2D eigenvalue weighted by Crippen LogP contribution is -2.06. The molecule has 0 heterocycles. The standard InChI is InChI=1S/C7H9NO2/c8-5-10-7-3-1-6(9)2-4-7/h1-4,9H,5,8H2. The molecule has 3 N–H and O–H groups in total. The average molecular weight is 139 g/mol. The molecule has 0 unspecified atom stereocenters. The van der Waals surface area contributed by atoms with Crippen LogP contribution in [0.2, 0.25) is 0 Å². The molecule has 1 aromatic rings. The Hall–Kier alpha value is -1.22. The molecule has 1 rings (SSSR count). The van der Waals surface area contributed by atoms with Crippen LogP contribution in [0.1, 0.15) is 0 Å². The number of aromatic hydroxyl groups is 1. The molecule has 0 bridgehead atoms. The summed E-state index contributed by atoms with van der Waals surface area (Å²) in [5.41, 5.74) is 5.11. The molecule has 0 saturated carbocycles. The molecule has 3 nitrogen and oxygen atoms in total. The smallest absolute Gasteiger partial charge is 0.137 e. The first-order valence-electron chi connectivity index (χ1n) is 2.95. The minimum atomic E-state index is 0.158. The van der Waals surface area contributed by atoms with Gasteiger partial charge in [0.15, 0.2) is 0 Å². The molecule has 0 aliphatic carbocycles. The van der Waals surface area contributed by atoms with Crippen molar-refractivity contribution >= 4 is 0 Å². The maximum atomic E-state index is 8.84. The molecule has 0 saturated heterocycles. The average Bonchev–Trinajstić information content (AvgIpc) is 1.95. The molecular weight excluding hydrogens is 130 g/mol. The minimum absolute atomic E-state index is 0.158. The van der Waals surface area contributed by atoms with Gasteiger partial charge in [0.1, 0.15) is 18.2 Å². The molecule has 0 amide bonds. The highest BCUT2D eigenvalue weighted by atomic mass is 16.5. The third kappa shape index (κ3) is 1.63. The Morgan fingerprint density at radius 2 is 1.90 bits per heavy atom. The summed E-state index contributed by atoms with van der Waals surface area (Å²) in [6.45, 7) is 0.158. The molecule has 0 radical (unpaired) electrons. The van der Waals surface area contributed by atoms with Crippen LogP contribution in [0.4, 0.5) is 0 Å². The number of hydrogen-bond donors (Lipinski definition) is 2. The third-order valence-electron chi connectivity index (χ3n) is 1.09. The summed E-state index contributed by atoms with van der Waals surface area (Å²) in [4.78, 5) is 0. The topological polar surface area (TPSA) is 55.5 Å². The minimum Gasteiger partial charge on any atom is -0.508 e. The molecule has 10 heavy (non-hydrogen) atoms. The van der Waals surface area contributed by atoms with E-state index in [-0.39, 0.29) is 12.5 Å². The fourth-order valence-electron chi connectivity index (χ4n) is 0.639. The second-order valence-corrected chi connectivity index (χ2v) is 1.80. The monoisotopic (exact) mass is 139 g/mol. The molecule has 0 aromatic heterocycles. The third-order valence-corrected chi connectivity index (χ3v) is 1.09. The Balaban J connectivity index is 2.69. The second kappa shape index (κ2) is 3.08. The number of phenolic OH excluding ortho intramolecular Hbond substituents is 1. The molecule has 0 atom stereocenters. The van der Waals surface area contributed by atoms with Crippen LogP contribution in [0.3, 0.4) is 0 Å². The summed E-state index contributed by atoms with van der Waals surface area (Å²) in [5.74, 6) is 0.893. The molecule has 3 heteroatoms. The van der Waals surface area contributed by atoms with Gasteiger partial charge in [-0.3, -0.25) is 5.73 Å². The number of hydrogen-bond acceptors (Lipinski definition) is 3. The maximum absolute atomic E-state index is 8.84. The predicted molar refractivity (Wildman–Crippen MR) is 37.8 cm³/mol. The van der Waals surface area contributed by atoms with Crippen molar-refractivity contribution in [3.63, 3.8) is 0 Å². The number of phenols is 1. The molecule has 1 aromatic carbocycles. The van der Waals surface area contributed by atoms with E-state index in [1.165, 1.54) is 0 Å². The zero-order valence-corrected chi connectivity index (χ0v) is 5.45. The first kappa shape index (κ1) is 6.89. The highest BCUT2D eigenvalue weighted by Crippen LogP contribution is 2.14. The Labute approximate surface area is 59.0 Å². The van der Waals surface area contributed by atoms with Crippen LogP contribution in [0.25, 0.3) is 0 Å². The van der Waals surface area contributed by atoms with Gasteiger partial charge in [0.05, 0.1) is 0 Å². The normalized spacial score (nSPS) is 9.30. The zero-order valence-electron chi connectivity index (χ0n) is 5.45. The summed E-state index contributed by atoms with van der Waals surface area (Å²) >= 11 is 0. The van der Waals surface area contributed by atoms with Gasteiger partial charge in [-0.25, -0.2) is 0 Å². The molecule has 0 fully saturated rings. The summed E-state index contributed by atoms with van der Waals surface area (Å²) in [7, 11) is 0. The van der Waals surface area contributed by atoms with Crippen LogP contribution >= 0.6 is 0 Å². The summed E-state index contributed by atoms with van der Waals surface area (Å²) in [6, 6.07) is 6.40. The van der Waals surface area contributed by atoms with E-state index in [2.05, 4.69) is 0 Å². The van der Waals surface area contributed by atoms with Gasteiger partial charge in [-0.1, -0.05) is 0 Å². The van der Waals surface area contributed by atoms with E-state index in [0.29, 0.717) is 5.75 Å². The molecular formula is C7H9NO2. The molecule has 0 aliphatic heterocycles. The van der Waals surface area contributed by atoms with Gasteiger partial charge < -0.3 is 9.84 Å². The van der Waals surface area contributed by atoms with E-state index in [1.807, 2.05) is 0 Å². The van der Waals surface area contributed by atoms with Crippen molar-refractivity contribution < 1.29 is 9.84 Å². The summed E-state index contributed by atoms with van der Waals surface area (Å²) < 4.78 is 4.93. The van der Waals surface area contributed by atoms with Gasteiger partial charge in [0, 0.05) is 0 Å². The Morgan fingerprint density at radius 1 is 1.30 bits per heavy atom. The summed E-state index contributed by atoms with van der Waals surface area (Å²) in [5, 5.41) is 8.84. The fraction of sp³-hybridized carbons (Fsp3) is 0.143. The Kier molecular flexibility index (Phi) is 2.12. The Bertz CT molecular complexity index is 195. The second-order valence-electron chi connectivity index (χ2n) is 1.80. The van der Waals surface area contributed by atoms with Gasteiger partial charge in [-0.2, -0.15) is 0 Å². The zero-order chi connectivity index (χ0) is 7.40. The molecule has 0 spiro atoms. The first-order chi connectivity index (χ1) is 4.83. The van der Waals surface area contributed by atoms with Gasteiger partial charge in [-0.15, -0.1) is 0 Å². The van der Waals surface area contributed by atoms with E-state index in [1.54, 1.807) is 24.3 Å². The van der Waals surface area contributed by atoms with Gasteiger partial charge in [0.2, 0.25) is 0 Å². The van der Waals surface area contributed by atoms with Crippen molar-refractivity contribution in [1.29, 1.82) is 0 Å². The first-order valence-corrected chi connectivity index (χ1v) is 2.95. The predicted octanol–water partition coefficient (Wildman–Crippen LogP) is 0.687. The van der Waals surface area contributed by atoms with Crippen LogP contribution < -0.4 is 10.5 Å². The van der Waals surface area contributed by atoms with E-state index in [4.69, 9.17) is 15.6 Å². The molecule has 54 valence electrons. The van der Waals surface area contributed by atoms with Crippen molar-refractivity contribution in [2.75, 3.05) is 6.73 Å². The van der Waals surface area contributed by atoms with Crippen LogP contribution in [-0.4, -0.2) is 11.8 Å². The quantitative estimate of drug-likeness (QED) is 0.592. The van der Waals surface area contributed by atoms with E-state index >= 15 is 0 Å². The van der Waals surface area contributed by atoms with E-state index < -0.39 is 0 Å². The van der Waals surface area contributed by atoms with Crippen LogP contribution in [0.15, 0.2) is 24.3 Å². The van der Waals surface area contributed by atoms with Crippen molar-refractivity contribution in [2.45, 2.75) is 0 Å².